The van der Waals surface area contributed by atoms with Gasteiger partial charge in [-0.25, -0.2) is 0 Å². The molecule has 9 heteroatoms. The zero-order valence-corrected chi connectivity index (χ0v) is 21.2. The van der Waals surface area contributed by atoms with E-state index in [1.54, 1.807) is 34.5 Å². The Balaban J connectivity index is 1.72. The number of nitrogens with one attached hydrogen (secondary N) is 2. The topological polar surface area (TPSA) is 95.1 Å². The highest BCUT2D eigenvalue weighted by molar-refractivity contribution is 7.17. The highest BCUT2D eigenvalue weighted by atomic mass is 32.1. The maximum absolute atomic E-state index is 13.0. The number of hydrogen-bond donors (Lipinski definition) is 2. The number of rotatable bonds is 12. The largest absolute Gasteiger partial charge is 0.493 e. The quantitative estimate of drug-likeness (QED) is 0.437. The minimum absolute atomic E-state index is 0.132. The first-order valence-corrected chi connectivity index (χ1v) is 12.3. The molecule has 1 aliphatic carbocycles. The van der Waals surface area contributed by atoms with Gasteiger partial charge in [-0.15, -0.1) is 11.3 Å². The average molecular weight is 491 g/mol. The highest BCUT2D eigenvalue weighted by Crippen LogP contribution is 2.41. The molecule has 0 saturated carbocycles. The van der Waals surface area contributed by atoms with E-state index in [-0.39, 0.29) is 18.2 Å². The summed E-state index contributed by atoms with van der Waals surface area (Å²) >= 11 is 1.52. The van der Waals surface area contributed by atoms with Gasteiger partial charge in [-0.05, 0) is 55.7 Å². The second-order valence-corrected chi connectivity index (χ2v) is 9.16. The standard InChI is InChI=1S/C25H34N2O6S/c1-30-15-7-14-26-24(29)21-17-8-5-6-9-19(17)34-25(21)27-20(28)13-11-16-10-12-18(31-2)23(33-4)22(16)32-3/h10,12H,5-9,11,13-15H2,1-4H3,(H,26,29)(H,27,28). The number of carbonyl (C=O) groups excluding carboxylic acids is 2. The zero-order valence-electron chi connectivity index (χ0n) is 20.4. The van der Waals surface area contributed by atoms with Crippen molar-refractivity contribution in [1.82, 2.24) is 5.32 Å². The van der Waals surface area contributed by atoms with Crippen molar-refractivity contribution in [3.05, 3.63) is 33.7 Å². The van der Waals surface area contributed by atoms with Crippen LogP contribution in [0.1, 0.15) is 52.0 Å². The molecule has 3 rings (SSSR count). The molecule has 0 fully saturated rings. The van der Waals surface area contributed by atoms with Crippen LogP contribution in [0.3, 0.4) is 0 Å². The van der Waals surface area contributed by atoms with Gasteiger partial charge < -0.3 is 29.6 Å². The first-order valence-electron chi connectivity index (χ1n) is 11.5. The second-order valence-electron chi connectivity index (χ2n) is 8.06. The van der Waals surface area contributed by atoms with E-state index in [0.717, 1.165) is 43.2 Å². The van der Waals surface area contributed by atoms with Crippen molar-refractivity contribution < 1.29 is 28.5 Å². The Bertz CT molecular complexity index is 1000. The van der Waals surface area contributed by atoms with Gasteiger partial charge in [0.05, 0.1) is 26.9 Å². The van der Waals surface area contributed by atoms with Gasteiger partial charge in [0.1, 0.15) is 5.00 Å². The van der Waals surface area contributed by atoms with Crippen LogP contribution in [0.25, 0.3) is 0 Å². The molecule has 0 aliphatic heterocycles. The summed E-state index contributed by atoms with van der Waals surface area (Å²) in [5.74, 6) is 1.34. The SMILES string of the molecule is COCCCNC(=O)c1c(NC(=O)CCc2ccc(OC)c(OC)c2OC)sc2c1CCCC2. The van der Waals surface area contributed by atoms with Crippen LogP contribution in [0.4, 0.5) is 5.00 Å². The summed E-state index contributed by atoms with van der Waals surface area (Å²) in [6.07, 6.45) is 5.41. The predicted octanol–water partition coefficient (Wildman–Crippen LogP) is 3.99. The van der Waals surface area contributed by atoms with Crippen molar-refractivity contribution >= 4 is 28.2 Å². The van der Waals surface area contributed by atoms with Crippen molar-refractivity contribution in [2.24, 2.45) is 0 Å². The predicted molar refractivity (Wildman–Crippen MR) is 133 cm³/mol. The molecule has 1 aromatic heterocycles. The van der Waals surface area contributed by atoms with Crippen molar-refractivity contribution in [1.29, 1.82) is 0 Å². The number of benzene rings is 1. The Morgan fingerprint density at radius 3 is 2.47 bits per heavy atom. The fraction of sp³-hybridized carbons (Fsp3) is 0.520. The number of amides is 2. The zero-order chi connectivity index (χ0) is 24.5. The van der Waals surface area contributed by atoms with Crippen LogP contribution in [0.15, 0.2) is 12.1 Å². The van der Waals surface area contributed by atoms with Crippen LogP contribution in [-0.4, -0.2) is 53.4 Å². The van der Waals surface area contributed by atoms with E-state index in [1.807, 2.05) is 6.07 Å². The van der Waals surface area contributed by atoms with Gasteiger partial charge in [-0.3, -0.25) is 9.59 Å². The van der Waals surface area contributed by atoms with Gasteiger partial charge in [-0.2, -0.15) is 0 Å². The van der Waals surface area contributed by atoms with Crippen molar-refractivity contribution in [3.8, 4) is 17.2 Å². The lowest BCUT2D eigenvalue weighted by Gasteiger charge is -2.15. The van der Waals surface area contributed by atoms with Crippen LogP contribution in [0, 0.1) is 0 Å². The number of ether oxygens (including phenoxy) is 4. The summed E-state index contributed by atoms with van der Waals surface area (Å²) in [4.78, 5) is 27.1. The molecule has 2 amide bonds. The number of anilines is 1. The highest BCUT2D eigenvalue weighted by Gasteiger charge is 2.26. The van der Waals surface area contributed by atoms with E-state index in [1.165, 1.54) is 16.2 Å². The minimum atomic E-state index is -0.149. The first-order chi connectivity index (χ1) is 16.5. The molecule has 0 bridgehead atoms. The van der Waals surface area contributed by atoms with E-state index in [0.29, 0.717) is 47.4 Å². The summed E-state index contributed by atoms with van der Waals surface area (Å²) in [5.41, 5.74) is 2.54. The number of fused-ring (bicyclic) bond motifs is 1. The van der Waals surface area contributed by atoms with E-state index in [9.17, 15) is 9.59 Å². The molecule has 1 aliphatic rings. The van der Waals surface area contributed by atoms with Crippen LogP contribution >= 0.6 is 11.3 Å². The number of hydrogen-bond acceptors (Lipinski definition) is 7. The Morgan fingerprint density at radius 1 is 1.00 bits per heavy atom. The lowest BCUT2D eigenvalue weighted by atomic mass is 9.95. The van der Waals surface area contributed by atoms with E-state index < -0.39 is 0 Å². The van der Waals surface area contributed by atoms with Gasteiger partial charge in [-0.1, -0.05) is 6.07 Å². The molecular formula is C25H34N2O6S. The molecule has 186 valence electrons. The van der Waals surface area contributed by atoms with Gasteiger partial charge in [0, 0.05) is 31.6 Å². The summed E-state index contributed by atoms with van der Waals surface area (Å²) in [6.45, 7) is 1.12. The lowest BCUT2D eigenvalue weighted by molar-refractivity contribution is -0.116. The Hall–Kier alpha value is -2.78. The smallest absolute Gasteiger partial charge is 0.254 e. The molecule has 0 spiro atoms. The first kappa shape index (κ1) is 25.8. The van der Waals surface area contributed by atoms with Crippen molar-refractivity contribution in [2.45, 2.75) is 44.9 Å². The van der Waals surface area contributed by atoms with Gasteiger partial charge in [0.25, 0.3) is 5.91 Å². The summed E-state index contributed by atoms with van der Waals surface area (Å²) in [6, 6.07) is 3.67. The Kier molecular flexibility index (Phi) is 9.59. The average Bonchev–Trinajstić information content (AvgIpc) is 3.22. The summed E-state index contributed by atoms with van der Waals surface area (Å²) < 4.78 is 21.3. The molecule has 0 saturated heterocycles. The molecule has 0 radical (unpaired) electrons. The van der Waals surface area contributed by atoms with E-state index in [4.69, 9.17) is 18.9 Å². The van der Waals surface area contributed by atoms with Crippen LogP contribution in [0.5, 0.6) is 17.2 Å². The third kappa shape index (κ3) is 6.01. The third-order valence-electron chi connectivity index (χ3n) is 5.87. The monoisotopic (exact) mass is 490 g/mol. The minimum Gasteiger partial charge on any atom is -0.493 e. The van der Waals surface area contributed by atoms with Gasteiger partial charge in [0.15, 0.2) is 11.5 Å². The maximum Gasteiger partial charge on any atom is 0.254 e. The third-order valence-corrected chi connectivity index (χ3v) is 7.08. The van der Waals surface area contributed by atoms with Crippen LogP contribution in [0.2, 0.25) is 0 Å². The molecule has 0 atom stereocenters. The lowest BCUT2D eigenvalue weighted by Crippen LogP contribution is -2.27. The number of carbonyl (C=O) groups is 2. The fourth-order valence-electron chi connectivity index (χ4n) is 4.20. The number of thiophene rings is 1. The van der Waals surface area contributed by atoms with Gasteiger partial charge in [0.2, 0.25) is 11.7 Å². The fourth-order valence-corrected chi connectivity index (χ4v) is 5.50. The second kappa shape index (κ2) is 12.6. The van der Waals surface area contributed by atoms with Crippen LogP contribution < -0.4 is 24.8 Å². The molecule has 2 N–H and O–H groups in total. The molecule has 2 aromatic rings. The molecular weight excluding hydrogens is 456 g/mol. The summed E-state index contributed by atoms with van der Waals surface area (Å²) in [5, 5.41) is 6.62. The number of methoxy groups -OCH3 is 4. The summed E-state index contributed by atoms with van der Waals surface area (Å²) in [7, 11) is 6.32. The Labute approximate surface area is 204 Å². The Morgan fingerprint density at radius 2 is 1.76 bits per heavy atom. The molecule has 1 aromatic carbocycles. The van der Waals surface area contributed by atoms with Crippen molar-refractivity contribution in [2.75, 3.05) is 46.9 Å². The van der Waals surface area contributed by atoms with Crippen LogP contribution in [-0.2, 0) is 28.8 Å². The maximum atomic E-state index is 13.0. The molecule has 0 unspecified atom stereocenters. The number of aryl methyl sites for hydroxylation is 2. The van der Waals surface area contributed by atoms with Gasteiger partial charge >= 0.3 is 0 Å². The molecule has 1 heterocycles. The normalized spacial score (nSPS) is 12.6. The molecule has 8 nitrogen and oxygen atoms in total. The van der Waals surface area contributed by atoms with E-state index >= 15 is 0 Å². The van der Waals surface area contributed by atoms with E-state index in [2.05, 4.69) is 10.6 Å². The molecule has 34 heavy (non-hydrogen) atoms. The van der Waals surface area contributed by atoms with Crippen molar-refractivity contribution in [3.63, 3.8) is 0 Å².